The first-order valence-electron chi connectivity index (χ1n) is 4.62. The Bertz CT molecular complexity index is 393. The lowest BCUT2D eigenvalue weighted by atomic mass is 10.4. The lowest BCUT2D eigenvalue weighted by Crippen LogP contribution is -2.21. The van der Waals surface area contributed by atoms with Gasteiger partial charge in [0.2, 0.25) is 0 Å². The van der Waals surface area contributed by atoms with Crippen molar-refractivity contribution < 1.29 is 8.42 Å². The molecule has 1 heterocycles. The van der Waals surface area contributed by atoms with Crippen molar-refractivity contribution in [3.63, 3.8) is 0 Å². The van der Waals surface area contributed by atoms with E-state index < -0.39 is 9.84 Å². The number of sulfone groups is 1. The molecular weight excluding hydrogens is 200 g/mol. The van der Waals surface area contributed by atoms with Crippen LogP contribution in [0.2, 0.25) is 0 Å². The number of nitrogens with zero attached hydrogens (tertiary/aromatic N) is 2. The lowest BCUT2D eigenvalue weighted by molar-refractivity contribution is 0.572. The van der Waals surface area contributed by atoms with Gasteiger partial charge >= 0.3 is 0 Å². The highest BCUT2D eigenvalue weighted by Gasteiger charge is 2.15. The molecule has 0 saturated heterocycles. The van der Waals surface area contributed by atoms with Gasteiger partial charge < -0.3 is 0 Å². The standard InChI is InChI=1S/C9H16N2O2S/c1-8(2)14(12,13)5-4-11-7-9(3)6-10-11/h6-8H,4-5H2,1-3H3. The summed E-state index contributed by atoms with van der Waals surface area (Å²) < 4.78 is 24.6. The van der Waals surface area contributed by atoms with Gasteiger partial charge in [0.15, 0.2) is 9.84 Å². The van der Waals surface area contributed by atoms with Gasteiger partial charge in [0.1, 0.15) is 0 Å². The van der Waals surface area contributed by atoms with Crippen LogP contribution >= 0.6 is 0 Å². The fourth-order valence-corrected chi connectivity index (χ4v) is 1.96. The van der Waals surface area contributed by atoms with Gasteiger partial charge in [-0.15, -0.1) is 0 Å². The van der Waals surface area contributed by atoms with Gasteiger partial charge in [-0.2, -0.15) is 5.10 Å². The average Bonchev–Trinajstić information content (AvgIpc) is 2.48. The molecule has 0 amide bonds. The van der Waals surface area contributed by atoms with Gasteiger partial charge in [-0.05, 0) is 26.3 Å². The summed E-state index contributed by atoms with van der Waals surface area (Å²) in [6.07, 6.45) is 3.57. The van der Waals surface area contributed by atoms with Gasteiger partial charge in [0.25, 0.3) is 0 Å². The fourth-order valence-electron chi connectivity index (χ4n) is 1.05. The van der Waals surface area contributed by atoms with Crippen LogP contribution in [0, 0.1) is 6.92 Å². The zero-order valence-corrected chi connectivity index (χ0v) is 9.58. The molecule has 0 radical (unpaired) electrons. The first-order valence-corrected chi connectivity index (χ1v) is 6.34. The summed E-state index contributed by atoms with van der Waals surface area (Å²) in [6.45, 7) is 5.77. The maximum Gasteiger partial charge on any atom is 0.154 e. The summed E-state index contributed by atoms with van der Waals surface area (Å²) in [5.41, 5.74) is 1.05. The molecule has 0 aliphatic carbocycles. The van der Waals surface area contributed by atoms with Gasteiger partial charge in [0, 0.05) is 6.20 Å². The van der Waals surface area contributed by atoms with Crippen molar-refractivity contribution in [3.8, 4) is 0 Å². The molecule has 0 N–H and O–H groups in total. The van der Waals surface area contributed by atoms with Crippen LogP contribution in [-0.4, -0.2) is 29.2 Å². The van der Waals surface area contributed by atoms with Crippen molar-refractivity contribution >= 4 is 9.84 Å². The summed E-state index contributed by atoms with van der Waals surface area (Å²) in [4.78, 5) is 0. The summed E-state index contributed by atoms with van der Waals surface area (Å²) in [5, 5.41) is 3.72. The van der Waals surface area contributed by atoms with Gasteiger partial charge in [-0.3, -0.25) is 4.68 Å². The lowest BCUT2D eigenvalue weighted by Gasteiger charge is -2.07. The zero-order chi connectivity index (χ0) is 10.8. The van der Waals surface area contributed by atoms with Crippen molar-refractivity contribution in [2.75, 3.05) is 5.75 Å². The van der Waals surface area contributed by atoms with Crippen LogP contribution in [-0.2, 0) is 16.4 Å². The summed E-state index contributed by atoms with van der Waals surface area (Å²) >= 11 is 0. The third-order valence-electron chi connectivity index (χ3n) is 2.09. The van der Waals surface area contributed by atoms with Crippen LogP contribution in [0.5, 0.6) is 0 Å². The van der Waals surface area contributed by atoms with Crippen LogP contribution in [0.15, 0.2) is 12.4 Å². The van der Waals surface area contributed by atoms with Crippen LogP contribution in [0.1, 0.15) is 19.4 Å². The topological polar surface area (TPSA) is 52.0 Å². The highest BCUT2D eigenvalue weighted by molar-refractivity contribution is 7.91. The van der Waals surface area contributed by atoms with Crippen molar-refractivity contribution in [1.29, 1.82) is 0 Å². The smallest absolute Gasteiger partial charge is 0.154 e. The van der Waals surface area contributed by atoms with Crippen molar-refractivity contribution in [2.45, 2.75) is 32.6 Å². The third-order valence-corrected chi connectivity index (χ3v) is 4.27. The molecular formula is C9H16N2O2S. The predicted molar refractivity (Wildman–Crippen MR) is 55.9 cm³/mol. The number of aryl methyl sites for hydroxylation is 2. The van der Waals surface area contributed by atoms with Crippen molar-refractivity contribution in [3.05, 3.63) is 18.0 Å². The fraction of sp³-hybridized carbons (Fsp3) is 0.667. The molecule has 1 rings (SSSR count). The van der Waals surface area contributed by atoms with Crippen LogP contribution in [0.4, 0.5) is 0 Å². The quantitative estimate of drug-likeness (QED) is 0.755. The molecule has 0 aliphatic rings. The maximum absolute atomic E-state index is 11.5. The molecule has 80 valence electrons. The molecule has 0 atom stereocenters. The maximum atomic E-state index is 11.5. The van der Waals surface area contributed by atoms with E-state index in [1.54, 1.807) is 24.7 Å². The van der Waals surface area contributed by atoms with Crippen LogP contribution in [0.3, 0.4) is 0 Å². The second-order valence-corrected chi connectivity index (χ2v) is 6.37. The molecule has 0 fully saturated rings. The van der Waals surface area contributed by atoms with Gasteiger partial charge in [-0.25, -0.2) is 8.42 Å². The Hall–Kier alpha value is -0.840. The second-order valence-electron chi connectivity index (χ2n) is 3.70. The van der Waals surface area contributed by atoms with E-state index in [2.05, 4.69) is 5.10 Å². The molecule has 0 bridgehead atoms. The van der Waals surface area contributed by atoms with Crippen molar-refractivity contribution in [2.24, 2.45) is 0 Å². The van der Waals surface area contributed by atoms with E-state index in [9.17, 15) is 8.42 Å². The van der Waals surface area contributed by atoms with E-state index in [1.165, 1.54) is 0 Å². The van der Waals surface area contributed by atoms with E-state index >= 15 is 0 Å². The highest BCUT2D eigenvalue weighted by Crippen LogP contribution is 2.02. The molecule has 4 nitrogen and oxygen atoms in total. The van der Waals surface area contributed by atoms with E-state index in [0.29, 0.717) is 6.54 Å². The Morgan fingerprint density at radius 1 is 1.50 bits per heavy atom. The summed E-state index contributed by atoms with van der Waals surface area (Å²) in [6, 6.07) is 0. The first kappa shape index (κ1) is 11.2. The molecule has 1 aromatic rings. The molecule has 0 aromatic carbocycles. The van der Waals surface area contributed by atoms with E-state index in [4.69, 9.17) is 0 Å². The van der Waals surface area contributed by atoms with Crippen molar-refractivity contribution in [1.82, 2.24) is 9.78 Å². The largest absolute Gasteiger partial charge is 0.271 e. The Morgan fingerprint density at radius 3 is 2.57 bits per heavy atom. The van der Waals surface area contributed by atoms with Crippen LogP contribution in [0.25, 0.3) is 0 Å². The summed E-state index contributed by atoms with van der Waals surface area (Å²) in [5.74, 6) is 0.159. The molecule has 0 spiro atoms. The van der Waals surface area contributed by atoms with Gasteiger partial charge in [-0.1, -0.05) is 0 Å². The number of rotatable bonds is 4. The molecule has 1 aromatic heterocycles. The number of hydrogen-bond acceptors (Lipinski definition) is 3. The molecule has 0 aliphatic heterocycles. The molecule has 14 heavy (non-hydrogen) atoms. The second kappa shape index (κ2) is 4.13. The molecule has 0 unspecified atom stereocenters. The zero-order valence-electron chi connectivity index (χ0n) is 8.77. The summed E-state index contributed by atoms with van der Waals surface area (Å²) in [7, 11) is -2.95. The van der Waals surface area contributed by atoms with E-state index in [1.807, 2.05) is 13.1 Å². The van der Waals surface area contributed by atoms with Crippen LogP contribution < -0.4 is 0 Å². The minimum Gasteiger partial charge on any atom is -0.271 e. The Balaban J connectivity index is 2.57. The van der Waals surface area contributed by atoms with Gasteiger partial charge in [0.05, 0.1) is 23.7 Å². The van der Waals surface area contributed by atoms with E-state index in [-0.39, 0.29) is 11.0 Å². The molecule has 0 saturated carbocycles. The Kier molecular flexibility index (Phi) is 3.31. The Morgan fingerprint density at radius 2 is 2.14 bits per heavy atom. The number of aromatic nitrogens is 2. The molecule has 5 heteroatoms. The normalized spacial score (nSPS) is 12.3. The third kappa shape index (κ3) is 2.83. The highest BCUT2D eigenvalue weighted by atomic mass is 32.2. The first-order chi connectivity index (χ1) is 6.42. The number of hydrogen-bond donors (Lipinski definition) is 0. The SMILES string of the molecule is Cc1cnn(CCS(=O)(=O)C(C)C)c1. The Labute approximate surface area is 84.9 Å². The monoisotopic (exact) mass is 216 g/mol. The average molecular weight is 216 g/mol. The van der Waals surface area contributed by atoms with E-state index in [0.717, 1.165) is 5.56 Å². The minimum absolute atomic E-state index is 0.159. The minimum atomic E-state index is -2.95. The predicted octanol–water partition coefficient (Wildman–Crippen LogP) is 1.01.